The van der Waals surface area contributed by atoms with Gasteiger partial charge in [-0.3, -0.25) is 0 Å². The van der Waals surface area contributed by atoms with Gasteiger partial charge in [-0.05, 0) is 6.92 Å². The summed E-state index contributed by atoms with van der Waals surface area (Å²) in [5, 5.41) is 0. The van der Waals surface area contributed by atoms with Gasteiger partial charge in [0.2, 0.25) is 0 Å². The molecule has 1 saturated heterocycles. The third kappa shape index (κ3) is 15.5. The second-order valence-electron chi connectivity index (χ2n) is 17.1. The Kier molecular flexibility index (Phi) is 24.1. The van der Waals surface area contributed by atoms with Gasteiger partial charge in [0.25, 0.3) is 0 Å². The van der Waals surface area contributed by atoms with Crippen LogP contribution < -0.4 is 0 Å². The van der Waals surface area contributed by atoms with Gasteiger partial charge in [0.05, 0.1) is 0 Å². The van der Waals surface area contributed by atoms with Crippen LogP contribution in [0.15, 0.2) is 40.6 Å². The van der Waals surface area contributed by atoms with Gasteiger partial charge in [0, 0.05) is 0 Å². The molecular weight excluding hydrogens is 872 g/mol. The molecule has 52 heavy (non-hydrogen) atoms. The SMILES string of the molecule is C=C(C(=O)N1[C@@H](CC[CH2][Sn]([CH2]CCC)([CH2]CCC)[CH2]CCC)CCC[C@@H]1CC[CH2][Sn]([CH2]CCC)([CH2]CCC)[CH2]CCC)S(=O)(=O)c1ccc(C)cc1. The van der Waals surface area contributed by atoms with Gasteiger partial charge in [-0.1, -0.05) is 0 Å². The van der Waals surface area contributed by atoms with Crippen molar-refractivity contribution >= 4 is 52.5 Å². The van der Waals surface area contributed by atoms with E-state index in [9.17, 15) is 13.2 Å². The molecule has 1 heterocycles. The summed E-state index contributed by atoms with van der Waals surface area (Å²) in [5.74, 6) is -0.314. The maximum atomic E-state index is 14.6. The van der Waals surface area contributed by atoms with Crippen LogP contribution in [0.5, 0.6) is 0 Å². The Hall–Kier alpha value is -0.0226. The van der Waals surface area contributed by atoms with Crippen LogP contribution in [0, 0.1) is 6.92 Å². The average Bonchev–Trinajstić information content (AvgIpc) is 3.15. The summed E-state index contributed by atoms with van der Waals surface area (Å²) < 4.78 is 39.8. The number of likely N-dealkylation sites (tertiary alicyclic amines) is 1. The Morgan fingerprint density at radius 1 is 0.615 bits per heavy atom. The summed E-state index contributed by atoms with van der Waals surface area (Å²) in [6, 6.07) is 7.16. The number of carbonyl (C=O) groups excluding carboxylic acids is 1. The first-order chi connectivity index (χ1) is 25.0. The monoisotopic (exact) mass is 957 g/mol. The number of rotatable bonds is 29. The number of nitrogens with zero attached hydrogens (tertiary/aromatic N) is 1. The molecule has 0 aromatic heterocycles. The van der Waals surface area contributed by atoms with Crippen LogP contribution in [0.25, 0.3) is 0 Å². The second-order valence-corrected chi connectivity index (χ2v) is 47.6. The van der Waals surface area contributed by atoms with Gasteiger partial charge in [0.15, 0.2) is 0 Å². The van der Waals surface area contributed by atoms with Crippen molar-refractivity contribution in [2.75, 3.05) is 0 Å². The van der Waals surface area contributed by atoms with Gasteiger partial charge < -0.3 is 0 Å². The molecule has 2 atom stereocenters. The molecule has 300 valence electrons. The Labute approximate surface area is 332 Å². The molecule has 1 aromatic rings. The minimum atomic E-state index is -3.97. The van der Waals surface area contributed by atoms with Gasteiger partial charge in [-0.15, -0.1) is 0 Å². The molecule has 1 fully saturated rings. The third-order valence-electron chi connectivity index (χ3n) is 12.8. The number of unbranched alkanes of at least 4 members (excludes halogenated alkanes) is 6. The van der Waals surface area contributed by atoms with Gasteiger partial charge >= 0.3 is 328 Å². The van der Waals surface area contributed by atoms with E-state index < -0.39 is 46.6 Å². The van der Waals surface area contributed by atoms with Crippen LogP contribution in [0.4, 0.5) is 0 Å². The molecule has 4 nitrogen and oxygen atoms in total. The summed E-state index contributed by atoms with van der Waals surface area (Å²) in [6.07, 6.45) is 23.7. The average molecular weight is 956 g/mol. The standard InChI is InChI=1S/C21H29NO3S.6C4H9.2Sn/c1-5-8-18-10-7-11-19(9-6-2)22(18)21(23)17(4)26(24,25)20-14-12-16(3)13-15-20;6*1-3-4-2;;/h12-15,18-19H,1-2,4-11H2,3H3;6*1,3-4H2,2H3;;/t18-,19-;;;;;;;;/m0......../s1. The molecule has 0 N–H and O–H groups in total. The van der Waals surface area contributed by atoms with Crippen molar-refractivity contribution in [3.63, 3.8) is 0 Å². The Morgan fingerprint density at radius 2 is 0.942 bits per heavy atom. The van der Waals surface area contributed by atoms with Gasteiger partial charge in [-0.25, -0.2) is 0 Å². The molecule has 0 bridgehead atoms. The minimum absolute atomic E-state index is 0.122. The van der Waals surface area contributed by atoms with Crippen LogP contribution in [0.3, 0.4) is 0 Å². The Morgan fingerprint density at radius 3 is 1.27 bits per heavy atom. The predicted molar refractivity (Wildman–Crippen MR) is 234 cm³/mol. The van der Waals surface area contributed by atoms with Crippen molar-refractivity contribution < 1.29 is 13.2 Å². The summed E-state index contributed by atoms with van der Waals surface area (Å²) in [4.78, 5) is 16.7. The van der Waals surface area contributed by atoms with Crippen molar-refractivity contribution in [3.8, 4) is 0 Å². The molecule has 0 spiro atoms. The zero-order valence-electron chi connectivity index (χ0n) is 35.3. The number of sulfone groups is 1. The molecule has 7 heteroatoms. The number of carbonyl (C=O) groups is 1. The second kappa shape index (κ2) is 26.0. The zero-order valence-corrected chi connectivity index (χ0v) is 41.9. The molecule has 0 radical (unpaired) electrons. The number of hydrogen-bond acceptors (Lipinski definition) is 3. The Bertz CT molecular complexity index is 1160. The van der Waals surface area contributed by atoms with Gasteiger partial charge in [0.1, 0.15) is 0 Å². The van der Waals surface area contributed by atoms with Crippen molar-refractivity contribution in [1.29, 1.82) is 0 Å². The summed E-state index contributed by atoms with van der Waals surface area (Å²) in [5.41, 5.74) is 1.00. The van der Waals surface area contributed by atoms with Crippen LogP contribution in [-0.2, 0) is 14.6 Å². The molecule has 0 unspecified atom stereocenters. The van der Waals surface area contributed by atoms with E-state index in [0.29, 0.717) is 0 Å². The predicted octanol–water partition coefficient (Wildman–Crippen LogP) is 14.3. The number of benzene rings is 1. The molecule has 1 amide bonds. The van der Waals surface area contributed by atoms with Crippen LogP contribution in [0.2, 0.25) is 35.5 Å². The van der Waals surface area contributed by atoms with Crippen LogP contribution in [-0.4, -0.2) is 68.1 Å². The van der Waals surface area contributed by atoms with E-state index in [-0.39, 0.29) is 27.8 Å². The van der Waals surface area contributed by atoms with E-state index in [4.69, 9.17) is 0 Å². The fourth-order valence-electron chi connectivity index (χ4n) is 9.42. The van der Waals surface area contributed by atoms with Crippen molar-refractivity contribution in [3.05, 3.63) is 41.3 Å². The molecular formula is C45H83NO3SSn2. The summed E-state index contributed by atoms with van der Waals surface area (Å²) in [6.45, 7) is 20.1. The normalized spacial score (nSPS) is 17.1. The first-order valence-electron chi connectivity index (χ1n) is 22.3. The van der Waals surface area contributed by atoms with Gasteiger partial charge in [-0.2, -0.15) is 0 Å². The summed E-state index contributed by atoms with van der Waals surface area (Å²) >= 11 is -4.63. The fraction of sp³-hybridized carbons (Fsp3) is 0.800. The van der Waals surface area contributed by atoms with E-state index in [2.05, 4.69) is 53.0 Å². The Balaban J connectivity index is 2.40. The van der Waals surface area contributed by atoms with Crippen LogP contribution in [0.1, 0.15) is 169 Å². The molecule has 0 aliphatic carbocycles. The molecule has 1 aliphatic heterocycles. The number of piperidine rings is 1. The topological polar surface area (TPSA) is 54.5 Å². The van der Waals surface area contributed by atoms with Crippen molar-refractivity contribution in [2.24, 2.45) is 0 Å². The quantitative estimate of drug-likeness (QED) is 0.0594. The van der Waals surface area contributed by atoms with E-state index in [1.165, 1.54) is 125 Å². The van der Waals surface area contributed by atoms with Crippen molar-refractivity contribution in [2.45, 2.75) is 223 Å². The van der Waals surface area contributed by atoms with Crippen molar-refractivity contribution in [1.82, 2.24) is 4.90 Å². The first-order valence-corrected chi connectivity index (χ1v) is 39.9. The molecule has 1 aliphatic rings. The van der Waals surface area contributed by atoms with E-state index in [1.807, 2.05) is 19.1 Å². The number of aryl methyl sites for hydroxylation is 1. The molecule has 2 rings (SSSR count). The fourth-order valence-corrected chi connectivity index (χ4v) is 43.4. The zero-order chi connectivity index (χ0) is 38.5. The van der Waals surface area contributed by atoms with E-state index >= 15 is 0 Å². The number of amides is 1. The van der Waals surface area contributed by atoms with E-state index in [1.54, 1.807) is 12.1 Å². The molecule has 1 aromatic carbocycles. The third-order valence-corrected chi connectivity index (χ3v) is 46.8. The summed E-state index contributed by atoms with van der Waals surface area (Å²) in [7, 11) is -3.97. The first kappa shape index (κ1) is 48.1. The molecule has 0 saturated carbocycles. The van der Waals surface area contributed by atoms with E-state index in [0.717, 1.165) is 37.7 Å². The number of hydrogen-bond donors (Lipinski definition) is 0. The maximum absolute atomic E-state index is 14.6. The van der Waals surface area contributed by atoms with Crippen LogP contribution >= 0.6 is 0 Å².